The molecule has 0 spiro atoms. The summed E-state index contributed by atoms with van der Waals surface area (Å²) in [5.41, 5.74) is 2.53. The molecule has 1 aromatic heterocycles. The van der Waals surface area contributed by atoms with E-state index in [1.54, 1.807) is 18.3 Å². The molecular formula is C22H22BrN3O3S. The number of para-hydroxylation sites is 1. The number of phenolic OH excluding ortho intramolecular Hbond substituents is 1. The highest BCUT2D eigenvalue weighted by molar-refractivity contribution is 9.10. The summed E-state index contributed by atoms with van der Waals surface area (Å²) in [5, 5.41) is 17.1. The molecule has 1 N–H and O–H groups in total. The van der Waals surface area contributed by atoms with E-state index in [4.69, 9.17) is 14.5 Å². The van der Waals surface area contributed by atoms with Crippen molar-refractivity contribution in [3.05, 3.63) is 62.7 Å². The molecule has 4 rings (SSSR count). The second-order valence-electron chi connectivity index (χ2n) is 6.84. The van der Waals surface area contributed by atoms with Crippen molar-refractivity contribution in [3.8, 4) is 22.8 Å². The lowest BCUT2D eigenvalue weighted by Crippen LogP contribution is -2.17. The number of aromatic hydroxyl groups is 1. The molecule has 156 valence electrons. The van der Waals surface area contributed by atoms with Crippen LogP contribution in [0, 0.1) is 0 Å². The highest BCUT2D eigenvalue weighted by Gasteiger charge is 2.15. The van der Waals surface area contributed by atoms with Gasteiger partial charge in [-0.25, -0.2) is 4.68 Å². The minimum atomic E-state index is 0.0580. The highest BCUT2D eigenvalue weighted by atomic mass is 79.9. The summed E-state index contributed by atoms with van der Waals surface area (Å²) in [5.74, 6) is 0.466. The zero-order valence-electron chi connectivity index (χ0n) is 16.5. The highest BCUT2D eigenvalue weighted by Crippen LogP contribution is 2.28. The molecule has 0 saturated carbocycles. The smallest absolute Gasteiger partial charge is 0.206 e. The van der Waals surface area contributed by atoms with Gasteiger partial charge in [0.2, 0.25) is 4.80 Å². The van der Waals surface area contributed by atoms with Crippen LogP contribution < -0.4 is 9.54 Å². The first-order valence-corrected chi connectivity index (χ1v) is 11.3. The zero-order valence-corrected chi connectivity index (χ0v) is 18.9. The van der Waals surface area contributed by atoms with Gasteiger partial charge in [-0.1, -0.05) is 34.1 Å². The minimum absolute atomic E-state index is 0.0580. The van der Waals surface area contributed by atoms with Gasteiger partial charge in [0, 0.05) is 27.6 Å². The van der Waals surface area contributed by atoms with Crippen LogP contribution in [0.15, 0.2) is 62.4 Å². The van der Waals surface area contributed by atoms with Gasteiger partial charge in [-0.15, -0.1) is 11.3 Å². The van der Waals surface area contributed by atoms with Crippen molar-refractivity contribution in [2.45, 2.75) is 18.9 Å². The third-order valence-corrected chi connectivity index (χ3v) is 6.22. The van der Waals surface area contributed by atoms with Crippen LogP contribution in [0.4, 0.5) is 0 Å². The second kappa shape index (κ2) is 9.59. The monoisotopic (exact) mass is 487 g/mol. The van der Waals surface area contributed by atoms with Crippen LogP contribution in [0.3, 0.4) is 0 Å². The summed E-state index contributed by atoms with van der Waals surface area (Å²) in [4.78, 5) is 5.55. The lowest BCUT2D eigenvalue weighted by molar-refractivity contribution is 0.117. The SMILES string of the molecule is COc1cccc(/C=N/n2c(-c3ccc(Br)cc3)csc2=NCC2CCCO2)c1O. The number of thiazole rings is 1. The van der Waals surface area contributed by atoms with E-state index in [1.165, 1.54) is 18.4 Å². The molecule has 1 fully saturated rings. The number of ether oxygens (including phenoxy) is 2. The van der Waals surface area contributed by atoms with Crippen molar-refractivity contribution in [1.82, 2.24) is 4.68 Å². The molecule has 6 nitrogen and oxygen atoms in total. The predicted octanol–water partition coefficient (Wildman–Crippen LogP) is 4.66. The van der Waals surface area contributed by atoms with Crippen LogP contribution in [0.1, 0.15) is 18.4 Å². The predicted molar refractivity (Wildman–Crippen MR) is 122 cm³/mol. The van der Waals surface area contributed by atoms with Crippen molar-refractivity contribution in [2.75, 3.05) is 20.3 Å². The number of hydrogen-bond acceptors (Lipinski definition) is 6. The van der Waals surface area contributed by atoms with Crippen molar-refractivity contribution in [1.29, 1.82) is 0 Å². The first-order valence-electron chi connectivity index (χ1n) is 9.64. The fourth-order valence-electron chi connectivity index (χ4n) is 3.23. The van der Waals surface area contributed by atoms with Gasteiger partial charge in [-0.2, -0.15) is 5.10 Å². The number of nitrogens with zero attached hydrogens (tertiary/aromatic N) is 3. The molecule has 8 heteroatoms. The largest absolute Gasteiger partial charge is 0.504 e. The van der Waals surface area contributed by atoms with E-state index in [1.807, 2.05) is 40.4 Å². The Balaban J connectivity index is 1.74. The Labute approximate surface area is 187 Å². The number of rotatable bonds is 6. The number of aromatic nitrogens is 1. The molecule has 2 aromatic carbocycles. The number of hydrogen-bond donors (Lipinski definition) is 1. The van der Waals surface area contributed by atoms with E-state index in [0.717, 1.165) is 40.0 Å². The van der Waals surface area contributed by atoms with Crippen molar-refractivity contribution in [3.63, 3.8) is 0 Å². The van der Waals surface area contributed by atoms with E-state index < -0.39 is 0 Å². The van der Waals surface area contributed by atoms with Crippen LogP contribution in [0.5, 0.6) is 11.5 Å². The second-order valence-corrected chi connectivity index (χ2v) is 8.59. The summed E-state index contributed by atoms with van der Waals surface area (Å²) in [6.45, 7) is 1.42. The van der Waals surface area contributed by atoms with E-state index in [-0.39, 0.29) is 11.9 Å². The summed E-state index contributed by atoms with van der Waals surface area (Å²) in [6, 6.07) is 13.4. The van der Waals surface area contributed by atoms with E-state index in [9.17, 15) is 5.11 Å². The molecule has 0 aliphatic carbocycles. The zero-order chi connectivity index (χ0) is 20.9. The summed E-state index contributed by atoms with van der Waals surface area (Å²) in [6.07, 6.45) is 3.92. The molecule has 2 heterocycles. The van der Waals surface area contributed by atoms with E-state index >= 15 is 0 Å². The molecule has 30 heavy (non-hydrogen) atoms. The fourth-order valence-corrected chi connectivity index (χ4v) is 4.35. The Kier molecular flexibility index (Phi) is 6.66. The average Bonchev–Trinajstić information content (AvgIpc) is 3.42. The van der Waals surface area contributed by atoms with Gasteiger partial charge in [-0.3, -0.25) is 4.99 Å². The van der Waals surface area contributed by atoms with Crippen molar-refractivity contribution < 1.29 is 14.6 Å². The Morgan fingerprint density at radius 2 is 2.13 bits per heavy atom. The first-order chi connectivity index (χ1) is 14.7. The van der Waals surface area contributed by atoms with Gasteiger partial charge < -0.3 is 14.6 Å². The number of halogens is 1. The Hall–Kier alpha value is -2.42. The van der Waals surface area contributed by atoms with Crippen LogP contribution in [0.25, 0.3) is 11.3 Å². The summed E-state index contributed by atoms with van der Waals surface area (Å²) >= 11 is 5.01. The third kappa shape index (κ3) is 4.66. The molecule has 1 saturated heterocycles. The maximum Gasteiger partial charge on any atom is 0.206 e. The number of methoxy groups -OCH3 is 1. The molecule has 0 radical (unpaired) electrons. The molecule has 3 aromatic rings. The number of phenols is 1. The Morgan fingerprint density at radius 1 is 1.30 bits per heavy atom. The van der Waals surface area contributed by atoms with Crippen LogP contribution >= 0.6 is 27.3 Å². The Morgan fingerprint density at radius 3 is 2.87 bits per heavy atom. The van der Waals surface area contributed by atoms with E-state index in [0.29, 0.717) is 17.9 Å². The topological polar surface area (TPSA) is 68.3 Å². The normalized spacial score (nSPS) is 17.1. The molecule has 1 aliphatic rings. The lowest BCUT2D eigenvalue weighted by atomic mass is 10.2. The molecule has 1 atom stereocenters. The quantitative estimate of drug-likeness (QED) is 0.514. The summed E-state index contributed by atoms with van der Waals surface area (Å²) < 4.78 is 13.7. The van der Waals surface area contributed by atoms with Gasteiger partial charge in [-0.05, 0) is 37.1 Å². The van der Waals surface area contributed by atoms with Gasteiger partial charge in [0.25, 0.3) is 0 Å². The summed E-state index contributed by atoms with van der Waals surface area (Å²) in [7, 11) is 1.53. The lowest BCUT2D eigenvalue weighted by Gasteiger charge is -2.07. The van der Waals surface area contributed by atoms with Crippen molar-refractivity contribution >= 4 is 33.5 Å². The first kappa shape index (κ1) is 20.8. The van der Waals surface area contributed by atoms with E-state index in [2.05, 4.69) is 21.0 Å². The fraction of sp³-hybridized carbons (Fsp3) is 0.273. The third-order valence-electron chi connectivity index (χ3n) is 4.84. The molecule has 0 amide bonds. The minimum Gasteiger partial charge on any atom is -0.504 e. The van der Waals surface area contributed by atoms with Crippen LogP contribution in [-0.4, -0.2) is 42.4 Å². The van der Waals surface area contributed by atoms with Gasteiger partial charge in [0.15, 0.2) is 11.5 Å². The van der Waals surface area contributed by atoms with Crippen LogP contribution in [0.2, 0.25) is 0 Å². The standard InChI is InChI=1S/C22H22BrN3O3S/c1-28-20-6-2-4-16(21(20)27)12-25-26-19(15-7-9-17(23)10-8-15)14-30-22(26)24-13-18-5-3-11-29-18/h2,4,6-10,12,14,18,27H,3,5,11,13H2,1H3/b24-22?,25-12+. The van der Waals surface area contributed by atoms with Gasteiger partial charge in [0.1, 0.15) is 0 Å². The molecular weight excluding hydrogens is 466 g/mol. The van der Waals surface area contributed by atoms with Crippen LogP contribution in [-0.2, 0) is 4.74 Å². The molecule has 0 bridgehead atoms. The maximum absolute atomic E-state index is 10.4. The average molecular weight is 488 g/mol. The molecule has 1 aliphatic heterocycles. The number of benzene rings is 2. The van der Waals surface area contributed by atoms with Crippen molar-refractivity contribution in [2.24, 2.45) is 10.1 Å². The molecule has 1 unspecified atom stereocenters. The van der Waals surface area contributed by atoms with Gasteiger partial charge >= 0.3 is 0 Å². The van der Waals surface area contributed by atoms with Gasteiger partial charge in [0.05, 0.1) is 31.7 Å². The maximum atomic E-state index is 10.4. The Bertz CT molecular complexity index is 1100.